The summed E-state index contributed by atoms with van der Waals surface area (Å²) in [6.45, 7) is 0. The number of anilines is 2. The van der Waals surface area contributed by atoms with E-state index in [0.717, 1.165) is 17.0 Å². The van der Waals surface area contributed by atoms with Gasteiger partial charge in [0, 0.05) is 22.0 Å². The van der Waals surface area contributed by atoms with Gasteiger partial charge in [-0.15, -0.1) is 23.1 Å². The van der Waals surface area contributed by atoms with Crippen LogP contribution < -0.4 is 21.4 Å². The maximum atomic E-state index is 13.1. The minimum Gasteiger partial charge on any atom is -0.477 e. The molecule has 2 atom stereocenters. The van der Waals surface area contributed by atoms with E-state index in [0.29, 0.717) is 22.3 Å². The number of carboxylic acid groups (broad SMARTS) is 1. The number of rotatable bonds is 8. The summed E-state index contributed by atoms with van der Waals surface area (Å²) in [4.78, 5) is 52.5. The summed E-state index contributed by atoms with van der Waals surface area (Å²) in [7, 11) is 3.09. The van der Waals surface area contributed by atoms with Crippen molar-refractivity contribution in [3.8, 4) is 0 Å². The molecule has 0 bridgehead atoms. The molecule has 0 spiro atoms. The first-order valence-electron chi connectivity index (χ1n) is 10.9. The molecule has 1 saturated heterocycles. The van der Waals surface area contributed by atoms with Gasteiger partial charge in [-0.05, 0) is 10.1 Å². The van der Waals surface area contributed by atoms with Gasteiger partial charge in [0.15, 0.2) is 10.8 Å². The van der Waals surface area contributed by atoms with Crippen LogP contribution in [0, 0.1) is 0 Å². The van der Waals surface area contributed by atoms with Gasteiger partial charge >= 0.3 is 5.97 Å². The summed E-state index contributed by atoms with van der Waals surface area (Å²) in [6, 6.07) is 0.729. The highest BCUT2D eigenvalue weighted by molar-refractivity contribution is 8.01. The smallest absolute Gasteiger partial charge is 0.352 e. The van der Waals surface area contributed by atoms with Crippen molar-refractivity contribution in [2.24, 2.45) is 12.2 Å². The van der Waals surface area contributed by atoms with Crippen LogP contribution in [-0.2, 0) is 26.3 Å². The van der Waals surface area contributed by atoms with Crippen molar-refractivity contribution in [1.29, 1.82) is 0 Å². The van der Waals surface area contributed by atoms with Gasteiger partial charge in [-0.1, -0.05) is 16.9 Å². The van der Waals surface area contributed by atoms with Crippen molar-refractivity contribution in [1.82, 2.24) is 29.8 Å². The summed E-state index contributed by atoms with van der Waals surface area (Å²) in [5, 5.41) is 22.3. The number of aryl methyl sites for hydroxylation is 1. The van der Waals surface area contributed by atoms with E-state index in [1.807, 2.05) is 7.05 Å². The van der Waals surface area contributed by atoms with Crippen LogP contribution in [0.25, 0.3) is 5.65 Å². The van der Waals surface area contributed by atoms with Crippen LogP contribution in [0.4, 0.5) is 10.9 Å². The number of amides is 2. The standard InChI is InChI=1S/C20H20N10O5S3/c1-28-7-23-30-11(28)3-10(21)25-20(30)38-5-8-4-36-17-13(16(32)29(17)14(8)18(33)34)26-15(31)12(27-35-2)9-6-37-19(22)24-9/h3,6-7,13,17,21H,4-5H2,1-2H3,(H4,22,24,26,31,33,34)/p+1/b27-12-/t13?,17-/m1/s1. The van der Waals surface area contributed by atoms with Crippen LogP contribution in [-0.4, -0.2) is 83.1 Å². The topological polar surface area (TPSA) is 207 Å². The molecule has 5 heterocycles. The number of carbonyl (C=O) groups excluding carboxylic acids is 2. The fourth-order valence-corrected chi connectivity index (χ4v) is 6.97. The number of carbonyl (C=O) groups is 3. The van der Waals surface area contributed by atoms with Gasteiger partial charge in [-0.2, -0.15) is 4.98 Å². The lowest BCUT2D eigenvalue weighted by Gasteiger charge is -2.49. The molecule has 0 radical (unpaired) electrons. The SMILES string of the molecule is CO/N=C(\C(=O)NC1C(=O)N2C(C(=O)O)=C(CSc3nc(N)cc4n3nc[n+]4C)CS[C@H]12)c1csc(N)n1. The Labute approximate surface area is 226 Å². The van der Waals surface area contributed by atoms with Crippen LogP contribution in [0.2, 0.25) is 0 Å². The highest BCUT2D eigenvalue weighted by atomic mass is 32.2. The number of fused-ring (bicyclic) bond motifs is 2. The number of hydrogen-bond acceptors (Lipinski definition) is 13. The quantitative estimate of drug-likeness (QED) is 0.0639. The summed E-state index contributed by atoms with van der Waals surface area (Å²) in [5.41, 5.74) is 12.8. The molecule has 0 saturated carbocycles. The molecule has 18 heteroatoms. The second-order valence-electron chi connectivity index (χ2n) is 8.08. The molecule has 0 aliphatic carbocycles. The van der Waals surface area contributed by atoms with Gasteiger partial charge in [0.2, 0.25) is 0 Å². The number of nitrogens with zero attached hydrogens (tertiary/aromatic N) is 7. The molecule has 2 amide bonds. The second kappa shape index (κ2) is 10.1. The van der Waals surface area contributed by atoms with Crippen LogP contribution in [0.15, 0.2) is 39.4 Å². The second-order valence-corrected chi connectivity index (χ2v) is 11.0. The van der Waals surface area contributed by atoms with E-state index in [9.17, 15) is 19.5 Å². The monoisotopic (exact) mass is 577 g/mol. The van der Waals surface area contributed by atoms with Crippen molar-refractivity contribution >= 4 is 75.0 Å². The number of nitrogens with one attached hydrogen (secondary N) is 1. The molecule has 38 heavy (non-hydrogen) atoms. The molecule has 2 aliphatic heterocycles. The molecule has 1 unspecified atom stereocenters. The van der Waals surface area contributed by atoms with Gasteiger partial charge in [0.1, 0.15) is 35.7 Å². The molecular formula is C20H21N10O5S3+. The lowest BCUT2D eigenvalue weighted by molar-refractivity contribution is -0.646. The van der Waals surface area contributed by atoms with Crippen LogP contribution in [0.5, 0.6) is 0 Å². The Balaban J connectivity index is 1.34. The lowest BCUT2D eigenvalue weighted by atomic mass is 10.0. The Morgan fingerprint density at radius 3 is 2.87 bits per heavy atom. The van der Waals surface area contributed by atoms with E-state index >= 15 is 0 Å². The number of thioether (sulfide) groups is 2. The maximum absolute atomic E-state index is 13.1. The predicted octanol–water partition coefficient (Wildman–Crippen LogP) is -0.944. The first-order chi connectivity index (χ1) is 18.2. The van der Waals surface area contributed by atoms with Crippen molar-refractivity contribution in [2.75, 3.05) is 30.1 Å². The number of carboxylic acids is 1. The Bertz CT molecular complexity index is 1530. The fourth-order valence-electron chi connectivity index (χ4n) is 3.97. The summed E-state index contributed by atoms with van der Waals surface area (Å²) in [6.07, 6.45) is 1.61. The van der Waals surface area contributed by atoms with Crippen molar-refractivity contribution < 1.29 is 28.9 Å². The van der Waals surface area contributed by atoms with Crippen molar-refractivity contribution in [3.05, 3.63) is 34.7 Å². The number of nitrogen functional groups attached to an aromatic ring is 2. The molecule has 15 nitrogen and oxygen atoms in total. The van der Waals surface area contributed by atoms with Gasteiger partial charge in [0.05, 0.1) is 13.1 Å². The molecule has 3 aromatic rings. The Morgan fingerprint density at radius 1 is 1.39 bits per heavy atom. The first-order valence-corrected chi connectivity index (χ1v) is 13.8. The highest BCUT2D eigenvalue weighted by Gasteiger charge is 2.54. The Kier molecular flexibility index (Phi) is 6.84. The number of β-lactam (4-membered cyclic amide) rings is 1. The van der Waals surface area contributed by atoms with Crippen LogP contribution >= 0.6 is 34.9 Å². The fraction of sp³-hybridized carbons (Fsp3) is 0.300. The highest BCUT2D eigenvalue weighted by Crippen LogP contribution is 2.41. The molecule has 6 N–H and O–H groups in total. The summed E-state index contributed by atoms with van der Waals surface area (Å²) in [5.74, 6) is -1.60. The summed E-state index contributed by atoms with van der Waals surface area (Å²) < 4.78 is 3.39. The third-order valence-electron chi connectivity index (χ3n) is 5.68. The Morgan fingerprint density at radius 2 is 2.18 bits per heavy atom. The molecule has 1 fully saturated rings. The van der Waals surface area contributed by atoms with E-state index in [1.54, 1.807) is 26.9 Å². The molecular weight excluding hydrogens is 556 g/mol. The van der Waals surface area contributed by atoms with Gasteiger partial charge in [-0.25, -0.2) is 14.3 Å². The van der Waals surface area contributed by atoms with Crippen molar-refractivity contribution in [3.63, 3.8) is 0 Å². The third-order valence-corrected chi connectivity index (χ3v) is 8.70. The predicted molar refractivity (Wildman–Crippen MR) is 139 cm³/mol. The van der Waals surface area contributed by atoms with Gasteiger partial charge in [-0.3, -0.25) is 14.5 Å². The third kappa shape index (κ3) is 4.50. The zero-order valence-electron chi connectivity index (χ0n) is 19.9. The minimum absolute atomic E-state index is 0.110. The van der Waals surface area contributed by atoms with Crippen LogP contribution in [0.1, 0.15) is 5.69 Å². The number of thiazole rings is 1. The van der Waals surface area contributed by atoms with E-state index in [1.165, 1.54) is 35.5 Å². The number of nitrogens with two attached hydrogens (primary N) is 2. The molecule has 3 aromatic heterocycles. The van der Waals surface area contributed by atoms with E-state index in [-0.39, 0.29) is 28.0 Å². The average molecular weight is 578 g/mol. The normalized spacial score (nSPS) is 19.4. The Hall–Kier alpha value is -3.90. The molecule has 2 aliphatic rings. The first kappa shape index (κ1) is 25.7. The number of hydrogen-bond donors (Lipinski definition) is 4. The van der Waals surface area contributed by atoms with E-state index in [4.69, 9.17) is 16.3 Å². The number of oxime groups is 1. The zero-order valence-corrected chi connectivity index (χ0v) is 22.3. The van der Waals surface area contributed by atoms with E-state index in [2.05, 4.69) is 25.5 Å². The lowest BCUT2D eigenvalue weighted by Crippen LogP contribution is -2.71. The summed E-state index contributed by atoms with van der Waals surface area (Å²) >= 11 is 3.73. The number of aliphatic carboxylic acids is 1. The minimum atomic E-state index is -1.24. The maximum Gasteiger partial charge on any atom is 0.352 e. The molecule has 198 valence electrons. The average Bonchev–Trinajstić information content (AvgIpc) is 3.48. The van der Waals surface area contributed by atoms with Gasteiger partial charge < -0.3 is 26.7 Å². The molecule has 0 aromatic carbocycles. The van der Waals surface area contributed by atoms with Crippen LogP contribution in [0.3, 0.4) is 0 Å². The van der Waals surface area contributed by atoms with E-state index < -0.39 is 29.2 Å². The largest absolute Gasteiger partial charge is 0.477 e. The van der Waals surface area contributed by atoms with Crippen molar-refractivity contribution in [2.45, 2.75) is 16.6 Å². The zero-order chi connectivity index (χ0) is 27.1. The number of aromatic nitrogens is 5. The molecule has 5 rings (SSSR count). The van der Waals surface area contributed by atoms with Gasteiger partial charge in [0.25, 0.3) is 28.9 Å².